The van der Waals surface area contributed by atoms with E-state index in [1.54, 1.807) is 23.7 Å². The SMILES string of the molecule is Cc1nc(CC(=O)N2CCO[C@H](c3ccncc3)C2)cs1. The number of nitrogens with zero attached hydrogens (tertiary/aromatic N) is 3. The summed E-state index contributed by atoms with van der Waals surface area (Å²) in [4.78, 5) is 22.6. The fourth-order valence-electron chi connectivity index (χ4n) is 2.41. The standard InChI is InChI=1S/C15H17N3O2S/c1-11-17-13(10-21-11)8-15(19)18-6-7-20-14(9-18)12-2-4-16-5-3-12/h2-5,10,14H,6-9H2,1H3/t14-/m0/s1. The van der Waals surface area contributed by atoms with Gasteiger partial charge in [-0.3, -0.25) is 9.78 Å². The molecule has 1 aliphatic rings. The summed E-state index contributed by atoms with van der Waals surface area (Å²) in [6.45, 7) is 3.75. The third kappa shape index (κ3) is 3.46. The highest BCUT2D eigenvalue weighted by Crippen LogP contribution is 2.22. The number of pyridine rings is 1. The number of morpholine rings is 1. The summed E-state index contributed by atoms with van der Waals surface area (Å²) in [6.07, 6.45) is 3.80. The van der Waals surface area contributed by atoms with Gasteiger partial charge >= 0.3 is 0 Å². The van der Waals surface area contributed by atoms with Gasteiger partial charge in [-0.25, -0.2) is 4.98 Å². The van der Waals surface area contributed by atoms with Gasteiger partial charge in [0.2, 0.25) is 5.91 Å². The first-order chi connectivity index (χ1) is 10.2. The Morgan fingerprint density at radius 3 is 3.00 bits per heavy atom. The normalized spacial score (nSPS) is 18.7. The molecule has 1 atom stereocenters. The highest BCUT2D eigenvalue weighted by Gasteiger charge is 2.25. The number of hydrogen-bond donors (Lipinski definition) is 0. The molecule has 0 spiro atoms. The molecule has 3 heterocycles. The topological polar surface area (TPSA) is 55.3 Å². The fraction of sp³-hybridized carbons (Fsp3) is 0.400. The Bertz CT molecular complexity index is 614. The Kier molecular flexibility index (Phi) is 4.26. The molecule has 21 heavy (non-hydrogen) atoms. The van der Waals surface area contributed by atoms with Crippen LogP contribution in [0.1, 0.15) is 22.4 Å². The first-order valence-corrected chi connectivity index (χ1v) is 7.80. The molecule has 3 rings (SSSR count). The van der Waals surface area contributed by atoms with Crippen molar-refractivity contribution in [2.24, 2.45) is 0 Å². The second kappa shape index (κ2) is 6.32. The van der Waals surface area contributed by atoms with Gasteiger partial charge < -0.3 is 9.64 Å². The molecular weight excluding hydrogens is 286 g/mol. The van der Waals surface area contributed by atoms with Crippen molar-refractivity contribution in [3.8, 4) is 0 Å². The van der Waals surface area contributed by atoms with E-state index in [0.717, 1.165) is 16.3 Å². The summed E-state index contributed by atoms with van der Waals surface area (Å²) >= 11 is 1.58. The van der Waals surface area contributed by atoms with Gasteiger partial charge in [-0.15, -0.1) is 11.3 Å². The van der Waals surface area contributed by atoms with Crippen molar-refractivity contribution in [1.82, 2.24) is 14.9 Å². The van der Waals surface area contributed by atoms with Crippen molar-refractivity contribution in [3.63, 3.8) is 0 Å². The van der Waals surface area contributed by atoms with Gasteiger partial charge in [-0.1, -0.05) is 0 Å². The van der Waals surface area contributed by atoms with Gasteiger partial charge in [0.05, 0.1) is 30.3 Å². The van der Waals surface area contributed by atoms with Gasteiger partial charge in [0.15, 0.2) is 0 Å². The van der Waals surface area contributed by atoms with Crippen molar-refractivity contribution in [1.29, 1.82) is 0 Å². The first kappa shape index (κ1) is 14.2. The van der Waals surface area contributed by atoms with E-state index in [9.17, 15) is 4.79 Å². The number of aromatic nitrogens is 2. The molecule has 1 aliphatic heterocycles. The second-order valence-corrected chi connectivity index (χ2v) is 6.08. The van der Waals surface area contributed by atoms with Crippen LogP contribution in [0.15, 0.2) is 29.9 Å². The van der Waals surface area contributed by atoms with Crippen LogP contribution < -0.4 is 0 Å². The molecule has 0 radical (unpaired) electrons. The lowest BCUT2D eigenvalue weighted by atomic mass is 10.1. The van der Waals surface area contributed by atoms with E-state index in [4.69, 9.17) is 4.74 Å². The van der Waals surface area contributed by atoms with E-state index < -0.39 is 0 Å². The highest BCUT2D eigenvalue weighted by molar-refractivity contribution is 7.09. The van der Waals surface area contributed by atoms with Gasteiger partial charge in [0.1, 0.15) is 6.10 Å². The molecule has 0 unspecified atom stereocenters. The maximum Gasteiger partial charge on any atom is 0.228 e. The number of thiazole rings is 1. The molecule has 0 N–H and O–H groups in total. The van der Waals surface area contributed by atoms with Crippen LogP contribution in [0.3, 0.4) is 0 Å². The zero-order chi connectivity index (χ0) is 14.7. The number of aryl methyl sites for hydroxylation is 1. The van der Waals surface area contributed by atoms with Crippen LogP contribution >= 0.6 is 11.3 Å². The van der Waals surface area contributed by atoms with Crippen LogP contribution in [0.5, 0.6) is 0 Å². The largest absolute Gasteiger partial charge is 0.370 e. The molecule has 0 bridgehead atoms. The predicted octanol–water partition coefficient (Wildman–Crippen LogP) is 1.99. The lowest BCUT2D eigenvalue weighted by molar-refractivity contribution is -0.138. The minimum absolute atomic E-state index is 0.0668. The molecule has 1 amide bonds. The number of carbonyl (C=O) groups excluding carboxylic acids is 1. The van der Waals surface area contributed by atoms with E-state index >= 15 is 0 Å². The zero-order valence-corrected chi connectivity index (χ0v) is 12.7. The fourth-order valence-corrected chi connectivity index (χ4v) is 3.02. The molecule has 2 aromatic heterocycles. The van der Waals surface area contributed by atoms with E-state index in [1.807, 2.05) is 29.3 Å². The average Bonchev–Trinajstić information content (AvgIpc) is 2.93. The third-order valence-electron chi connectivity index (χ3n) is 3.50. The van der Waals surface area contributed by atoms with E-state index in [2.05, 4.69) is 9.97 Å². The zero-order valence-electron chi connectivity index (χ0n) is 11.9. The highest BCUT2D eigenvalue weighted by atomic mass is 32.1. The molecule has 0 aliphatic carbocycles. The van der Waals surface area contributed by atoms with E-state index in [1.165, 1.54) is 0 Å². The van der Waals surface area contributed by atoms with Gasteiger partial charge in [-0.2, -0.15) is 0 Å². The lowest BCUT2D eigenvalue weighted by Gasteiger charge is -2.33. The van der Waals surface area contributed by atoms with Crippen molar-refractivity contribution in [3.05, 3.63) is 46.2 Å². The Balaban J connectivity index is 1.64. The Morgan fingerprint density at radius 2 is 2.29 bits per heavy atom. The summed E-state index contributed by atoms with van der Waals surface area (Å²) in [5.41, 5.74) is 1.92. The van der Waals surface area contributed by atoms with Crippen molar-refractivity contribution < 1.29 is 9.53 Å². The Morgan fingerprint density at radius 1 is 1.48 bits per heavy atom. The molecule has 110 valence electrons. The maximum atomic E-state index is 12.4. The van der Waals surface area contributed by atoms with E-state index in [-0.39, 0.29) is 12.0 Å². The monoisotopic (exact) mass is 303 g/mol. The van der Waals surface area contributed by atoms with Gasteiger partial charge in [0.25, 0.3) is 0 Å². The van der Waals surface area contributed by atoms with Crippen LogP contribution in [-0.2, 0) is 16.0 Å². The van der Waals surface area contributed by atoms with Gasteiger partial charge in [-0.05, 0) is 24.6 Å². The summed E-state index contributed by atoms with van der Waals surface area (Å²) in [5.74, 6) is 0.114. The van der Waals surface area contributed by atoms with Crippen LogP contribution in [0.2, 0.25) is 0 Å². The Hall–Kier alpha value is -1.79. The average molecular weight is 303 g/mol. The minimum Gasteiger partial charge on any atom is -0.370 e. The molecule has 1 fully saturated rings. The number of carbonyl (C=O) groups is 1. The first-order valence-electron chi connectivity index (χ1n) is 6.92. The molecule has 1 saturated heterocycles. The quantitative estimate of drug-likeness (QED) is 0.870. The molecule has 2 aromatic rings. The van der Waals surface area contributed by atoms with E-state index in [0.29, 0.717) is 26.1 Å². The Labute approximate surface area is 127 Å². The van der Waals surface area contributed by atoms with Crippen LogP contribution in [-0.4, -0.2) is 40.5 Å². The maximum absolute atomic E-state index is 12.4. The van der Waals surface area contributed by atoms with Gasteiger partial charge in [0, 0.05) is 24.3 Å². The van der Waals surface area contributed by atoms with Crippen LogP contribution in [0.25, 0.3) is 0 Å². The number of hydrogen-bond acceptors (Lipinski definition) is 5. The molecule has 6 heteroatoms. The summed E-state index contributed by atoms with van der Waals surface area (Å²) in [6, 6.07) is 3.87. The smallest absolute Gasteiger partial charge is 0.228 e. The molecular formula is C15H17N3O2S. The van der Waals surface area contributed by atoms with Crippen molar-refractivity contribution in [2.75, 3.05) is 19.7 Å². The molecule has 0 saturated carbocycles. The lowest BCUT2D eigenvalue weighted by Crippen LogP contribution is -2.43. The number of ether oxygens (including phenoxy) is 1. The summed E-state index contributed by atoms with van der Waals surface area (Å²) in [7, 11) is 0. The van der Waals surface area contributed by atoms with Crippen LogP contribution in [0, 0.1) is 6.92 Å². The second-order valence-electron chi connectivity index (χ2n) is 5.01. The number of amides is 1. The van der Waals surface area contributed by atoms with Crippen LogP contribution in [0.4, 0.5) is 0 Å². The summed E-state index contributed by atoms with van der Waals surface area (Å²) < 4.78 is 5.76. The predicted molar refractivity (Wildman–Crippen MR) is 80.1 cm³/mol. The minimum atomic E-state index is -0.0668. The van der Waals surface area contributed by atoms with Crippen molar-refractivity contribution >= 4 is 17.2 Å². The molecule has 5 nitrogen and oxygen atoms in total. The molecule has 0 aromatic carbocycles. The third-order valence-corrected chi connectivity index (χ3v) is 4.32. The van der Waals surface area contributed by atoms with Crippen molar-refractivity contribution in [2.45, 2.75) is 19.4 Å². The number of rotatable bonds is 3. The summed E-state index contributed by atoms with van der Waals surface area (Å²) in [5, 5.41) is 2.95.